The van der Waals surface area contributed by atoms with E-state index in [0.29, 0.717) is 16.7 Å². The number of methoxy groups -OCH3 is 1. The minimum atomic E-state index is -0.643. The Morgan fingerprint density at radius 2 is 2.00 bits per heavy atom. The van der Waals surface area contributed by atoms with Crippen molar-refractivity contribution in [3.63, 3.8) is 0 Å². The zero-order valence-corrected chi connectivity index (χ0v) is 14.1. The summed E-state index contributed by atoms with van der Waals surface area (Å²) in [7, 11) is 3.21. The molecule has 0 aliphatic carbocycles. The fourth-order valence-electron chi connectivity index (χ4n) is 2.66. The fourth-order valence-corrected chi connectivity index (χ4v) is 2.66. The average molecular weight is 353 g/mol. The molecule has 0 unspecified atom stereocenters. The molecule has 8 heteroatoms. The van der Waals surface area contributed by atoms with Crippen LogP contribution in [0, 0.1) is 10.1 Å². The van der Waals surface area contributed by atoms with Gasteiger partial charge in [0.2, 0.25) is 5.43 Å². The third-order valence-electron chi connectivity index (χ3n) is 3.96. The summed E-state index contributed by atoms with van der Waals surface area (Å²) in [5.74, 6) is -0.137. The van der Waals surface area contributed by atoms with Gasteiger partial charge in [0, 0.05) is 31.1 Å². The molecule has 0 fully saturated rings. The van der Waals surface area contributed by atoms with E-state index in [2.05, 4.69) is 5.32 Å². The molecule has 0 spiro atoms. The highest BCUT2D eigenvalue weighted by Crippen LogP contribution is 2.20. The molecule has 1 aromatic heterocycles. The number of nitro benzene ring substituents is 1. The van der Waals surface area contributed by atoms with Crippen LogP contribution in [0.15, 0.2) is 53.5 Å². The lowest BCUT2D eigenvalue weighted by molar-refractivity contribution is -0.384. The molecule has 3 rings (SSSR count). The number of hydrogen-bond donors (Lipinski definition) is 1. The van der Waals surface area contributed by atoms with Crippen molar-refractivity contribution in [2.45, 2.75) is 0 Å². The van der Waals surface area contributed by atoms with Crippen molar-refractivity contribution in [1.29, 1.82) is 0 Å². The first-order valence-corrected chi connectivity index (χ1v) is 7.64. The number of non-ortho nitro benzene ring substituents is 1. The second-order valence-electron chi connectivity index (χ2n) is 5.63. The number of amides is 1. The zero-order chi connectivity index (χ0) is 18.8. The van der Waals surface area contributed by atoms with Gasteiger partial charge >= 0.3 is 0 Å². The molecular formula is C18H15N3O5. The van der Waals surface area contributed by atoms with Gasteiger partial charge in [0.15, 0.2) is 0 Å². The molecular weight excluding hydrogens is 338 g/mol. The maximum atomic E-state index is 12.7. The van der Waals surface area contributed by atoms with E-state index in [0.717, 1.165) is 0 Å². The number of benzene rings is 2. The van der Waals surface area contributed by atoms with E-state index in [-0.39, 0.29) is 16.9 Å². The third kappa shape index (κ3) is 3.12. The largest absolute Gasteiger partial charge is 0.497 e. The summed E-state index contributed by atoms with van der Waals surface area (Å²) in [6.07, 6.45) is 1.43. The van der Waals surface area contributed by atoms with Crippen LogP contribution < -0.4 is 15.5 Å². The molecule has 0 saturated carbocycles. The second kappa shape index (κ2) is 6.67. The normalized spacial score (nSPS) is 10.5. The number of nitrogens with one attached hydrogen (secondary N) is 1. The first-order chi connectivity index (χ1) is 12.4. The Morgan fingerprint density at radius 1 is 1.23 bits per heavy atom. The Hall–Kier alpha value is -3.68. The molecule has 0 aliphatic rings. The summed E-state index contributed by atoms with van der Waals surface area (Å²) < 4.78 is 6.80. The molecule has 2 aromatic carbocycles. The van der Waals surface area contributed by atoms with Crippen LogP contribution in [0.4, 0.5) is 11.4 Å². The number of ether oxygens (including phenoxy) is 1. The summed E-state index contributed by atoms with van der Waals surface area (Å²) in [4.78, 5) is 35.5. The molecule has 26 heavy (non-hydrogen) atoms. The van der Waals surface area contributed by atoms with Crippen molar-refractivity contribution >= 4 is 28.2 Å². The van der Waals surface area contributed by atoms with E-state index < -0.39 is 16.3 Å². The van der Waals surface area contributed by atoms with Crippen LogP contribution in [0.25, 0.3) is 10.9 Å². The van der Waals surface area contributed by atoms with Gasteiger partial charge in [-0.3, -0.25) is 19.7 Å². The SMILES string of the molecule is COc1ccc2c(c1)c(=O)c(C(=O)Nc1cccc([N+](=O)[O-])c1)cn2C. The number of aryl methyl sites for hydroxylation is 1. The van der Waals surface area contributed by atoms with Gasteiger partial charge in [-0.05, 0) is 24.3 Å². The molecule has 0 saturated heterocycles. The van der Waals surface area contributed by atoms with Crippen LogP contribution in [-0.4, -0.2) is 22.5 Å². The van der Waals surface area contributed by atoms with Gasteiger partial charge in [0.1, 0.15) is 11.3 Å². The highest BCUT2D eigenvalue weighted by molar-refractivity contribution is 6.06. The number of aromatic nitrogens is 1. The van der Waals surface area contributed by atoms with Crippen LogP contribution in [0.2, 0.25) is 0 Å². The number of carbonyl (C=O) groups is 1. The Balaban J connectivity index is 2.03. The zero-order valence-electron chi connectivity index (χ0n) is 14.1. The Bertz CT molecular complexity index is 1090. The lowest BCUT2D eigenvalue weighted by Gasteiger charge is -2.10. The molecule has 1 N–H and O–H groups in total. The van der Waals surface area contributed by atoms with Gasteiger partial charge in [0.25, 0.3) is 11.6 Å². The quantitative estimate of drug-likeness (QED) is 0.574. The van der Waals surface area contributed by atoms with E-state index in [1.165, 1.54) is 37.6 Å². The van der Waals surface area contributed by atoms with Crippen LogP contribution in [-0.2, 0) is 7.05 Å². The molecule has 0 aliphatic heterocycles. The van der Waals surface area contributed by atoms with E-state index in [1.807, 2.05) is 0 Å². The third-order valence-corrected chi connectivity index (χ3v) is 3.96. The molecule has 3 aromatic rings. The van der Waals surface area contributed by atoms with Crippen molar-refractivity contribution in [2.75, 3.05) is 12.4 Å². The lowest BCUT2D eigenvalue weighted by Crippen LogP contribution is -2.23. The molecule has 1 heterocycles. The second-order valence-corrected chi connectivity index (χ2v) is 5.63. The highest BCUT2D eigenvalue weighted by Gasteiger charge is 2.16. The van der Waals surface area contributed by atoms with E-state index in [9.17, 15) is 19.7 Å². The molecule has 0 atom stereocenters. The van der Waals surface area contributed by atoms with E-state index >= 15 is 0 Å². The number of nitrogens with zero attached hydrogens (tertiary/aromatic N) is 2. The summed E-state index contributed by atoms with van der Waals surface area (Å²) in [5, 5.41) is 13.7. The van der Waals surface area contributed by atoms with Gasteiger partial charge in [-0.2, -0.15) is 0 Å². The van der Waals surface area contributed by atoms with E-state index in [1.54, 1.807) is 29.8 Å². The predicted molar refractivity (Wildman–Crippen MR) is 96.8 cm³/mol. The van der Waals surface area contributed by atoms with E-state index in [4.69, 9.17) is 4.74 Å². The van der Waals surface area contributed by atoms with Crippen molar-refractivity contribution in [1.82, 2.24) is 4.57 Å². The Labute approximate surface area is 147 Å². The van der Waals surface area contributed by atoms with Gasteiger partial charge in [-0.1, -0.05) is 6.07 Å². The minimum absolute atomic E-state index is 0.0697. The van der Waals surface area contributed by atoms with Crippen molar-refractivity contribution < 1.29 is 14.5 Å². The first kappa shape index (κ1) is 17.2. The number of carbonyl (C=O) groups excluding carboxylic acids is 1. The summed E-state index contributed by atoms with van der Waals surface area (Å²) >= 11 is 0. The van der Waals surface area contributed by atoms with Crippen LogP contribution in [0.1, 0.15) is 10.4 Å². The van der Waals surface area contributed by atoms with Gasteiger partial charge in [-0.15, -0.1) is 0 Å². The Morgan fingerprint density at radius 3 is 2.69 bits per heavy atom. The van der Waals surface area contributed by atoms with Crippen molar-refractivity contribution in [2.24, 2.45) is 7.05 Å². The maximum Gasteiger partial charge on any atom is 0.271 e. The number of anilines is 1. The summed E-state index contributed by atoms with van der Waals surface area (Å²) in [5.41, 5.74) is 0.221. The van der Waals surface area contributed by atoms with Gasteiger partial charge in [0.05, 0.1) is 22.9 Å². The monoisotopic (exact) mass is 353 g/mol. The molecule has 0 bridgehead atoms. The topological polar surface area (TPSA) is 103 Å². The summed E-state index contributed by atoms with van der Waals surface area (Å²) in [6, 6.07) is 10.5. The number of rotatable bonds is 4. The standard InChI is InChI=1S/C18H15N3O5/c1-20-10-15(17(22)14-9-13(26-2)6-7-16(14)20)18(23)19-11-4-3-5-12(8-11)21(24)25/h3-10H,1-2H3,(H,19,23). The van der Waals surface area contributed by atoms with Crippen LogP contribution >= 0.6 is 0 Å². The number of pyridine rings is 1. The van der Waals surface area contributed by atoms with Crippen molar-refractivity contribution in [3.05, 3.63) is 74.6 Å². The minimum Gasteiger partial charge on any atom is -0.497 e. The lowest BCUT2D eigenvalue weighted by atomic mass is 10.1. The van der Waals surface area contributed by atoms with Crippen LogP contribution in [0.5, 0.6) is 5.75 Å². The molecule has 8 nitrogen and oxygen atoms in total. The smallest absolute Gasteiger partial charge is 0.271 e. The molecule has 1 amide bonds. The molecule has 132 valence electrons. The fraction of sp³-hybridized carbons (Fsp3) is 0.111. The Kier molecular flexibility index (Phi) is 4.40. The number of nitro groups is 1. The van der Waals surface area contributed by atoms with Gasteiger partial charge in [-0.25, -0.2) is 0 Å². The average Bonchev–Trinajstić information content (AvgIpc) is 2.64. The van der Waals surface area contributed by atoms with Gasteiger partial charge < -0.3 is 14.6 Å². The maximum absolute atomic E-state index is 12.7. The van der Waals surface area contributed by atoms with Crippen LogP contribution in [0.3, 0.4) is 0 Å². The molecule has 0 radical (unpaired) electrons. The van der Waals surface area contributed by atoms with Crippen molar-refractivity contribution in [3.8, 4) is 5.75 Å². The predicted octanol–water partition coefficient (Wildman–Crippen LogP) is 2.71. The first-order valence-electron chi connectivity index (χ1n) is 7.64. The number of hydrogen-bond acceptors (Lipinski definition) is 5. The number of fused-ring (bicyclic) bond motifs is 1. The highest BCUT2D eigenvalue weighted by atomic mass is 16.6. The summed E-state index contributed by atoms with van der Waals surface area (Å²) in [6.45, 7) is 0.